The van der Waals surface area contributed by atoms with Crippen LogP contribution >= 0.6 is 0 Å². The summed E-state index contributed by atoms with van der Waals surface area (Å²) in [4.78, 5) is 27.4. The van der Waals surface area contributed by atoms with Crippen molar-refractivity contribution in [3.05, 3.63) is 106 Å². The van der Waals surface area contributed by atoms with Crippen molar-refractivity contribution in [1.29, 1.82) is 0 Å². The summed E-state index contributed by atoms with van der Waals surface area (Å²) in [6.45, 7) is 0.0933. The van der Waals surface area contributed by atoms with E-state index >= 15 is 0 Å². The lowest BCUT2D eigenvalue weighted by Gasteiger charge is -2.09. The minimum atomic E-state index is -1.02. The number of para-hydroxylation sites is 1. The minimum Gasteiger partial charge on any atom is -0.489 e. The van der Waals surface area contributed by atoms with Gasteiger partial charge in [0.05, 0.1) is 10.9 Å². The van der Waals surface area contributed by atoms with Gasteiger partial charge in [-0.2, -0.15) is 0 Å². The molecule has 154 valence electrons. The molecule has 3 aromatic carbocycles. The Balaban J connectivity index is 1.54. The third kappa shape index (κ3) is 4.51. The Morgan fingerprint density at radius 3 is 2.71 bits per heavy atom. The van der Waals surface area contributed by atoms with Crippen LogP contribution in [-0.4, -0.2) is 16.1 Å². The molecule has 0 bridgehead atoms. The monoisotopic (exact) mass is 417 g/mol. The highest BCUT2D eigenvalue weighted by Gasteiger charge is 2.10. The van der Waals surface area contributed by atoms with Gasteiger partial charge in [-0.05, 0) is 42.0 Å². The number of carbonyl (C=O) groups is 1. The van der Waals surface area contributed by atoms with E-state index in [1.807, 2.05) is 0 Å². The van der Waals surface area contributed by atoms with Crippen LogP contribution in [0.4, 0.5) is 4.39 Å². The number of aromatic carboxylic acids is 1. The first-order chi connectivity index (χ1) is 15.0. The number of benzene rings is 3. The van der Waals surface area contributed by atoms with E-state index in [0.29, 0.717) is 11.3 Å². The van der Waals surface area contributed by atoms with Crippen molar-refractivity contribution in [3.8, 4) is 5.75 Å². The molecule has 1 aromatic heterocycles. The van der Waals surface area contributed by atoms with E-state index in [-0.39, 0.29) is 29.0 Å². The number of ether oxygens (including phenoxy) is 1. The zero-order valence-electron chi connectivity index (χ0n) is 16.1. The van der Waals surface area contributed by atoms with Gasteiger partial charge >= 0.3 is 11.6 Å². The Labute approximate surface area is 175 Å². The number of carboxylic acid groups (broad SMARTS) is 1. The van der Waals surface area contributed by atoms with Crippen LogP contribution in [0.5, 0.6) is 5.75 Å². The maximum Gasteiger partial charge on any atom is 0.347 e. The molecule has 6 nitrogen and oxygen atoms in total. The molecule has 1 N–H and O–H groups in total. The normalized spacial score (nSPS) is 11.1. The Hall–Kier alpha value is -4.26. The number of rotatable bonds is 6. The van der Waals surface area contributed by atoms with Crippen molar-refractivity contribution in [2.24, 2.45) is 0 Å². The van der Waals surface area contributed by atoms with Gasteiger partial charge in [-0.15, -0.1) is 0 Å². The highest BCUT2D eigenvalue weighted by atomic mass is 19.1. The minimum absolute atomic E-state index is 0.0238. The molecule has 4 aromatic rings. The average Bonchev–Trinajstić information content (AvgIpc) is 2.77. The molecule has 4 rings (SSSR count). The van der Waals surface area contributed by atoms with Crippen LogP contribution in [0.1, 0.15) is 27.4 Å². The van der Waals surface area contributed by atoms with Crippen LogP contribution < -0.4 is 10.4 Å². The zero-order chi connectivity index (χ0) is 21.8. The SMILES string of the molecule is O=C(O)c1ccccc1COc1cccc(/C=C/c2nc3c(F)cccc3c(=O)o2)c1. The number of carboxylic acids is 1. The zero-order valence-corrected chi connectivity index (χ0v) is 16.1. The summed E-state index contributed by atoms with van der Waals surface area (Å²) in [5.74, 6) is -1.11. The van der Waals surface area contributed by atoms with Crippen molar-refractivity contribution in [2.45, 2.75) is 6.61 Å². The van der Waals surface area contributed by atoms with Crippen LogP contribution in [0.25, 0.3) is 23.1 Å². The lowest BCUT2D eigenvalue weighted by Crippen LogP contribution is -2.05. The first kappa shape index (κ1) is 20.0. The summed E-state index contributed by atoms with van der Waals surface area (Å²) in [6.07, 6.45) is 3.11. The molecular weight excluding hydrogens is 401 g/mol. The van der Waals surface area contributed by atoms with E-state index in [4.69, 9.17) is 9.15 Å². The van der Waals surface area contributed by atoms with E-state index in [9.17, 15) is 19.1 Å². The highest BCUT2D eigenvalue weighted by molar-refractivity contribution is 5.89. The number of hydrogen-bond donors (Lipinski definition) is 1. The third-order valence-electron chi connectivity index (χ3n) is 4.54. The first-order valence-corrected chi connectivity index (χ1v) is 9.33. The van der Waals surface area contributed by atoms with Crippen LogP contribution in [0.2, 0.25) is 0 Å². The first-order valence-electron chi connectivity index (χ1n) is 9.33. The van der Waals surface area contributed by atoms with Gasteiger partial charge in [0.25, 0.3) is 0 Å². The summed E-state index contributed by atoms with van der Waals surface area (Å²) in [5, 5.41) is 9.34. The smallest absolute Gasteiger partial charge is 0.347 e. The van der Waals surface area contributed by atoms with Gasteiger partial charge in [0.15, 0.2) is 0 Å². The van der Waals surface area contributed by atoms with Gasteiger partial charge in [-0.1, -0.05) is 36.4 Å². The molecule has 0 aliphatic carbocycles. The molecule has 0 saturated carbocycles. The maximum absolute atomic E-state index is 13.9. The molecular formula is C24H16FNO5. The topological polar surface area (TPSA) is 89.6 Å². The largest absolute Gasteiger partial charge is 0.489 e. The molecule has 0 fully saturated rings. The van der Waals surface area contributed by atoms with Gasteiger partial charge in [0.1, 0.15) is 23.7 Å². The van der Waals surface area contributed by atoms with Crippen molar-refractivity contribution in [2.75, 3.05) is 0 Å². The van der Waals surface area contributed by atoms with Crippen molar-refractivity contribution < 1.29 is 23.4 Å². The van der Waals surface area contributed by atoms with Crippen molar-refractivity contribution in [3.63, 3.8) is 0 Å². The summed E-state index contributed by atoms with van der Waals surface area (Å²) in [5.41, 5.74) is 0.747. The quantitative estimate of drug-likeness (QED) is 0.486. The molecule has 0 aliphatic heterocycles. The molecule has 0 amide bonds. The Kier molecular flexibility index (Phi) is 5.57. The molecule has 31 heavy (non-hydrogen) atoms. The van der Waals surface area contributed by atoms with Crippen molar-refractivity contribution >= 4 is 29.0 Å². The van der Waals surface area contributed by atoms with Crippen LogP contribution in [-0.2, 0) is 6.61 Å². The molecule has 1 heterocycles. The van der Waals surface area contributed by atoms with Gasteiger partial charge in [-0.25, -0.2) is 19.0 Å². The second-order valence-corrected chi connectivity index (χ2v) is 6.63. The van der Waals surface area contributed by atoms with Crippen LogP contribution in [0, 0.1) is 5.82 Å². The van der Waals surface area contributed by atoms with Gasteiger partial charge in [0, 0.05) is 11.6 Å². The number of aromatic nitrogens is 1. The highest BCUT2D eigenvalue weighted by Crippen LogP contribution is 2.19. The van der Waals surface area contributed by atoms with Gasteiger partial charge in [-0.3, -0.25) is 0 Å². The Morgan fingerprint density at radius 2 is 1.87 bits per heavy atom. The average molecular weight is 417 g/mol. The van der Waals surface area contributed by atoms with E-state index < -0.39 is 17.4 Å². The predicted octanol–water partition coefficient (Wildman–Crippen LogP) is 4.77. The third-order valence-corrected chi connectivity index (χ3v) is 4.54. The van der Waals surface area contributed by atoms with E-state index in [1.165, 1.54) is 30.3 Å². The fourth-order valence-electron chi connectivity index (χ4n) is 3.04. The molecule has 7 heteroatoms. The van der Waals surface area contributed by atoms with E-state index in [2.05, 4.69) is 4.98 Å². The molecule has 0 spiro atoms. The summed E-state index contributed by atoms with van der Waals surface area (Å²) in [6, 6.07) is 17.8. The number of fused-ring (bicyclic) bond motifs is 1. The molecule has 0 atom stereocenters. The van der Waals surface area contributed by atoms with Crippen LogP contribution in [0.3, 0.4) is 0 Å². The standard InChI is InChI=1S/C24H16FNO5/c25-20-10-4-9-19-22(20)26-21(31-24(19)29)12-11-15-5-3-7-17(13-15)30-14-16-6-1-2-8-18(16)23(27)28/h1-13H,14H2,(H,27,28)/b12-11+. The van der Waals surface area contributed by atoms with E-state index in [1.54, 1.807) is 48.5 Å². The molecule has 0 unspecified atom stereocenters. The fourth-order valence-corrected chi connectivity index (χ4v) is 3.04. The molecule has 0 radical (unpaired) electrons. The van der Waals surface area contributed by atoms with Gasteiger partial charge in [0.2, 0.25) is 5.89 Å². The number of nitrogens with zero attached hydrogens (tertiary/aromatic N) is 1. The maximum atomic E-state index is 13.9. The lowest BCUT2D eigenvalue weighted by atomic mass is 10.1. The van der Waals surface area contributed by atoms with Gasteiger partial charge < -0.3 is 14.3 Å². The van der Waals surface area contributed by atoms with Crippen LogP contribution in [0.15, 0.2) is 75.9 Å². The summed E-state index contributed by atoms with van der Waals surface area (Å²) < 4.78 is 24.8. The Bertz CT molecular complexity index is 1360. The Morgan fingerprint density at radius 1 is 1.06 bits per heavy atom. The lowest BCUT2D eigenvalue weighted by molar-refractivity contribution is 0.0694. The summed E-state index contributed by atoms with van der Waals surface area (Å²) >= 11 is 0. The molecule has 0 aliphatic rings. The van der Waals surface area contributed by atoms with E-state index in [0.717, 1.165) is 5.56 Å². The predicted molar refractivity (Wildman–Crippen MR) is 113 cm³/mol. The summed E-state index contributed by atoms with van der Waals surface area (Å²) in [7, 11) is 0. The number of hydrogen-bond acceptors (Lipinski definition) is 5. The fraction of sp³-hybridized carbons (Fsp3) is 0.0417. The van der Waals surface area contributed by atoms with Crippen molar-refractivity contribution in [1.82, 2.24) is 4.98 Å². The second-order valence-electron chi connectivity index (χ2n) is 6.63. The second kappa shape index (κ2) is 8.62. The molecule has 0 saturated heterocycles. The number of halogens is 1.